The molecule has 0 bridgehead atoms. The number of aryl methyl sites for hydroxylation is 1. The molecule has 0 saturated heterocycles. The zero-order valence-corrected chi connectivity index (χ0v) is 15.4. The van der Waals surface area contributed by atoms with Gasteiger partial charge in [0.1, 0.15) is 5.75 Å². The SMILES string of the molecule is CNC(=O)N(C(=O)CCc1ccc(OC)c(NS(=O)(=O)O)c1)C(C)C. The van der Waals surface area contributed by atoms with E-state index >= 15 is 0 Å². The molecule has 9 nitrogen and oxygen atoms in total. The number of ether oxygens (including phenoxy) is 1. The number of anilines is 1. The Balaban J connectivity index is 2.91. The van der Waals surface area contributed by atoms with Crippen LogP contribution in [-0.4, -0.2) is 50.0 Å². The molecule has 0 aliphatic carbocycles. The Bertz CT molecular complexity index is 733. The second-order valence-corrected chi connectivity index (χ2v) is 6.68. The third-order valence-corrected chi connectivity index (χ3v) is 3.83. The second-order valence-electron chi connectivity index (χ2n) is 5.52. The number of nitrogens with one attached hydrogen (secondary N) is 2. The number of carbonyl (C=O) groups is 2. The standard InChI is InChI=1S/C15H23N3O6S/c1-10(2)18(15(20)16-3)14(19)8-6-11-5-7-13(24-4)12(9-11)17-25(21,22)23/h5,7,9-10,17H,6,8H2,1-4H3,(H,16,20)(H,21,22,23). The van der Waals surface area contributed by atoms with Gasteiger partial charge in [0.15, 0.2) is 0 Å². The van der Waals surface area contributed by atoms with Crippen molar-refractivity contribution in [2.75, 3.05) is 18.9 Å². The van der Waals surface area contributed by atoms with Crippen molar-refractivity contribution in [2.45, 2.75) is 32.7 Å². The van der Waals surface area contributed by atoms with Gasteiger partial charge in [0.2, 0.25) is 5.91 Å². The fourth-order valence-electron chi connectivity index (χ4n) is 2.26. The quantitative estimate of drug-likeness (QED) is 0.621. The van der Waals surface area contributed by atoms with Crippen LogP contribution in [0.2, 0.25) is 0 Å². The Hall–Kier alpha value is -2.33. The van der Waals surface area contributed by atoms with Crippen LogP contribution in [0.3, 0.4) is 0 Å². The number of rotatable bonds is 7. The van der Waals surface area contributed by atoms with Crippen molar-refractivity contribution < 1.29 is 27.3 Å². The van der Waals surface area contributed by atoms with E-state index in [0.717, 1.165) is 4.90 Å². The van der Waals surface area contributed by atoms with Gasteiger partial charge in [-0.05, 0) is 38.0 Å². The molecule has 1 aromatic rings. The number of hydrogen-bond donors (Lipinski definition) is 3. The second kappa shape index (κ2) is 8.67. The van der Waals surface area contributed by atoms with Gasteiger partial charge in [-0.2, -0.15) is 8.42 Å². The highest BCUT2D eigenvalue weighted by molar-refractivity contribution is 7.87. The summed E-state index contributed by atoms with van der Waals surface area (Å²) in [5, 5.41) is 2.42. The summed E-state index contributed by atoms with van der Waals surface area (Å²) >= 11 is 0. The Morgan fingerprint density at radius 3 is 2.44 bits per heavy atom. The van der Waals surface area contributed by atoms with E-state index in [1.54, 1.807) is 19.9 Å². The number of amides is 3. The van der Waals surface area contributed by atoms with Crippen LogP contribution in [0, 0.1) is 0 Å². The van der Waals surface area contributed by atoms with Crippen molar-refractivity contribution in [3.05, 3.63) is 23.8 Å². The first-order valence-corrected chi connectivity index (χ1v) is 8.99. The zero-order chi connectivity index (χ0) is 19.2. The molecule has 25 heavy (non-hydrogen) atoms. The van der Waals surface area contributed by atoms with Crippen LogP contribution in [0.15, 0.2) is 18.2 Å². The van der Waals surface area contributed by atoms with Gasteiger partial charge in [-0.3, -0.25) is 19.0 Å². The molecule has 140 valence electrons. The largest absolute Gasteiger partial charge is 0.495 e. The Morgan fingerprint density at radius 1 is 1.32 bits per heavy atom. The van der Waals surface area contributed by atoms with Gasteiger partial charge in [0, 0.05) is 19.5 Å². The van der Waals surface area contributed by atoms with E-state index in [0.29, 0.717) is 5.56 Å². The van der Waals surface area contributed by atoms with Crippen molar-refractivity contribution >= 4 is 27.9 Å². The molecule has 0 aromatic heterocycles. The van der Waals surface area contributed by atoms with E-state index in [9.17, 15) is 18.0 Å². The lowest BCUT2D eigenvalue weighted by atomic mass is 10.1. The molecule has 0 fully saturated rings. The molecule has 0 aliphatic heterocycles. The van der Waals surface area contributed by atoms with Gasteiger partial charge in [-0.25, -0.2) is 4.79 Å². The van der Waals surface area contributed by atoms with E-state index in [4.69, 9.17) is 9.29 Å². The predicted octanol–water partition coefficient (Wildman–Crippen LogP) is 1.42. The Kier molecular flexibility index (Phi) is 7.19. The average molecular weight is 373 g/mol. The molecule has 10 heteroatoms. The molecule has 1 rings (SSSR count). The van der Waals surface area contributed by atoms with Crippen molar-refractivity contribution in [1.29, 1.82) is 0 Å². The number of hydrogen-bond acceptors (Lipinski definition) is 5. The summed E-state index contributed by atoms with van der Waals surface area (Å²) in [7, 11) is -1.65. The van der Waals surface area contributed by atoms with Gasteiger partial charge in [0.25, 0.3) is 0 Å². The lowest BCUT2D eigenvalue weighted by Gasteiger charge is -2.24. The van der Waals surface area contributed by atoms with Crippen LogP contribution >= 0.6 is 0 Å². The first kappa shape index (κ1) is 20.7. The van der Waals surface area contributed by atoms with Gasteiger partial charge < -0.3 is 10.1 Å². The van der Waals surface area contributed by atoms with E-state index in [1.165, 1.54) is 26.3 Å². The van der Waals surface area contributed by atoms with Crippen LogP contribution in [0.4, 0.5) is 10.5 Å². The molecule has 0 spiro atoms. The summed E-state index contributed by atoms with van der Waals surface area (Å²) in [6.45, 7) is 3.46. The number of imide groups is 1. The van der Waals surface area contributed by atoms with Crippen molar-refractivity contribution in [1.82, 2.24) is 10.2 Å². The molecule has 0 radical (unpaired) electrons. The fraction of sp³-hybridized carbons (Fsp3) is 0.467. The molecule has 0 heterocycles. The third kappa shape index (κ3) is 6.24. The first-order valence-electron chi connectivity index (χ1n) is 7.55. The summed E-state index contributed by atoms with van der Waals surface area (Å²) in [4.78, 5) is 25.2. The summed E-state index contributed by atoms with van der Waals surface area (Å²) < 4.78 is 37.9. The highest BCUT2D eigenvalue weighted by Gasteiger charge is 2.23. The summed E-state index contributed by atoms with van der Waals surface area (Å²) in [5.41, 5.74) is 0.697. The van der Waals surface area contributed by atoms with Gasteiger partial charge >= 0.3 is 16.3 Å². The number of carbonyl (C=O) groups excluding carboxylic acids is 2. The van der Waals surface area contributed by atoms with Crippen LogP contribution in [-0.2, 0) is 21.5 Å². The van der Waals surface area contributed by atoms with Crippen molar-refractivity contribution in [2.24, 2.45) is 0 Å². The minimum atomic E-state index is -4.46. The molecule has 3 amide bonds. The fourth-order valence-corrected chi connectivity index (χ4v) is 2.69. The molecule has 0 atom stereocenters. The Labute approximate surface area is 147 Å². The maximum atomic E-state index is 12.3. The third-order valence-electron chi connectivity index (χ3n) is 3.35. The molecular weight excluding hydrogens is 350 g/mol. The molecule has 0 unspecified atom stereocenters. The summed E-state index contributed by atoms with van der Waals surface area (Å²) in [6, 6.07) is 3.87. The van der Waals surface area contributed by atoms with E-state index in [2.05, 4.69) is 5.32 Å². The average Bonchev–Trinajstić information content (AvgIpc) is 2.51. The first-order chi connectivity index (χ1) is 11.6. The lowest BCUT2D eigenvalue weighted by molar-refractivity contribution is -0.129. The maximum Gasteiger partial charge on any atom is 0.357 e. The van der Waals surface area contributed by atoms with Gasteiger partial charge in [-0.1, -0.05) is 6.07 Å². The normalized spacial score (nSPS) is 11.1. The maximum absolute atomic E-state index is 12.3. The minimum Gasteiger partial charge on any atom is -0.495 e. The molecule has 1 aromatic carbocycles. The van der Waals surface area contributed by atoms with Crippen molar-refractivity contribution in [3.63, 3.8) is 0 Å². The number of methoxy groups -OCH3 is 1. The molecule has 3 N–H and O–H groups in total. The summed E-state index contributed by atoms with van der Waals surface area (Å²) in [5.74, 6) is -0.128. The number of nitrogens with zero attached hydrogens (tertiary/aromatic N) is 1. The van der Waals surface area contributed by atoms with Gasteiger partial charge in [0.05, 0.1) is 12.8 Å². The van der Waals surface area contributed by atoms with Crippen LogP contribution in [0.5, 0.6) is 5.75 Å². The molecule has 0 aliphatic rings. The van der Waals surface area contributed by atoms with Gasteiger partial charge in [-0.15, -0.1) is 0 Å². The highest BCUT2D eigenvalue weighted by Crippen LogP contribution is 2.27. The zero-order valence-electron chi connectivity index (χ0n) is 14.6. The summed E-state index contributed by atoms with van der Waals surface area (Å²) in [6.07, 6.45) is 0.340. The van der Waals surface area contributed by atoms with Crippen LogP contribution in [0.25, 0.3) is 0 Å². The number of urea groups is 1. The number of benzene rings is 1. The Morgan fingerprint density at radius 2 is 1.96 bits per heavy atom. The monoisotopic (exact) mass is 373 g/mol. The predicted molar refractivity (Wildman–Crippen MR) is 92.9 cm³/mol. The topological polar surface area (TPSA) is 125 Å². The van der Waals surface area contributed by atoms with Crippen molar-refractivity contribution in [3.8, 4) is 5.75 Å². The minimum absolute atomic E-state index is 0.0574. The van der Waals surface area contributed by atoms with Crippen LogP contribution in [0.1, 0.15) is 25.8 Å². The highest BCUT2D eigenvalue weighted by atomic mass is 32.2. The smallest absolute Gasteiger partial charge is 0.357 e. The molecular formula is C15H23N3O6S. The van der Waals surface area contributed by atoms with E-state index in [1.807, 2.05) is 4.72 Å². The lowest BCUT2D eigenvalue weighted by Crippen LogP contribution is -2.46. The van der Waals surface area contributed by atoms with Crippen LogP contribution < -0.4 is 14.8 Å². The molecule has 0 saturated carbocycles. The van der Waals surface area contributed by atoms with E-state index in [-0.39, 0.29) is 36.2 Å². The van der Waals surface area contributed by atoms with E-state index < -0.39 is 16.3 Å².